The van der Waals surface area contributed by atoms with Crippen molar-refractivity contribution in [2.75, 3.05) is 32.4 Å². The molecule has 1 rings (SSSR count). The second-order valence-corrected chi connectivity index (χ2v) is 7.56. The number of rotatable bonds is 3. The van der Waals surface area contributed by atoms with Crippen LogP contribution in [0.2, 0.25) is 0 Å². The molecule has 0 unspecified atom stereocenters. The molecule has 1 amide bonds. The molecule has 18 heavy (non-hydrogen) atoms. The van der Waals surface area contributed by atoms with Gasteiger partial charge < -0.3 is 9.64 Å². The van der Waals surface area contributed by atoms with E-state index < -0.39 is 21.7 Å². The smallest absolute Gasteiger partial charge is 0.410 e. The van der Waals surface area contributed by atoms with Gasteiger partial charge in [0.2, 0.25) is 10.0 Å². The molecular weight excluding hydrogens is 256 g/mol. The molecule has 0 atom stereocenters. The summed E-state index contributed by atoms with van der Waals surface area (Å²) in [6.07, 6.45) is 0.234. The topological polar surface area (TPSA) is 66.9 Å². The van der Waals surface area contributed by atoms with Gasteiger partial charge in [0, 0.05) is 26.7 Å². The van der Waals surface area contributed by atoms with E-state index in [0.29, 0.717) is 26.1 Å². The third-order valence-electron chi connectivity index (χ3n) is 2.59. The summed E-state index contributed by atoms with van der Waals surface area (Å²) in [7, 11) is -1.48. The molecule has 106 valence electrons. The largest absolute Gasteiger partial charge is 0.444 e. The van der Waals surface area contributed by atoms with Crippen molar-refractivity contribution >= 4 is 16.1 Å². The summed E-state index contributed by atoms with van der Waals surface area (Å²) < 4.78 is 29.7. The fourth-order valence-electron chi connectivity index (χ4n) is 1.64. The Bertz CT molecular complexity index is 400. The summed E-state index contributed by atoms with van der Waals surface area (Å²) in [5, 5.41) is 0. The first-order chi connectivity index (χ1) is 8.12. The molecule has 0 aliphatic carbocycles. The van der Waals surface area contributed by atoms with Crippen LogP contribution in [0.5, 0.6) is 0 Å². The van der Waals surface area contributed by atoms with Crippen LogP contribution in [0.4, 0.5) is 4.79 Å². The third-order valence-corrected chi connectivity index (χ3v) is 4.55. The maximum atomic E-state index is 11.7. The number of amides is 1. The van der Waals surface area contributed by atoms with Crippen LogP contribution >= 0.6 is 0 Å². The van der Waals surface area contributed by atoms with Crippen molar-refractivity contribution in [2.45, 2.75) is 32.8 Å². The van der Waals surface area contributed by atoms with Crippen molar-refractivity contribution in [1.29, 1.82) is 0 Å². The van der Waals surface area contributed by atoms with E-state index in [9.17, 15) is 13.2 Å². The molecule has 0 aromatic rings. The van der Waals surface area contributed by atoms with E-state index in [1.165, 1.54) is 9.21 Å². The molecule has 1 saturated heterocycles. The lowest BCUT2D eigenvalue weighted by Gasteiger charge is -2.25. The Morgan fingerprint density at radius 3 is 2.44 bits per heavy atom. The minimum absolute atomic E-state index is 0.211. The molecular formula is C11H22N2O4S. The molecule has 0 saturated carbocycles. The number of sulfonamides is 1. The molecule has 1 aliphatic rings. The molecule has 0 spiro atoms. The summed E-state index contributed by atoms with van der Waals surface area (Å²) in [6, 6.07) is 0. The zero-order valence-electron chi connectivity index (χ0n) is 11.5. The summed E-state index contributed by atoms with van der Waals surface area (Å²) >= 11 is 0. The first-order valence-corrected chi connectivity index (χ1v) is 7.65. The molecule has 0 bridgehead atoms. The van der Waals surface area contributed by atoms with E-state index >= 15 is 0 Å². The highest BCUT2D eigenvalue weighted by molar-refractivity contribution is 7.89. The molecule has 6 nitrogen and oxygen atoms in total. The first kappa shape index (κ1) is 15.2. The summed E-state index contributed by atoms with van der Waals surface area (Å²) in [5.74, 6) is 0.211. The van der Waals surface area contributed by atoms with Gasteiger partial charge in [-0.2, -0.15) is 0 Å². The average molecular weight is 278 g/mol. The molecule has 1 heterocycles. The van der Waals surface area contributed by atoms with Crippen LogP contribution in [0, 0.1) is 0 Å². The Labute approximate surface area is 109 Å². The Morgan fingerprint density at radius 2 is 2.00 bits per heavy atom. The van der Waals surface area contributed by atoms with Crippen LogP contribution in [0.15, 0.2) is 0 Å². The second-order valence-electron chi connectivity index (χ2n) is 5.47. The fourth-order valence-corrected chi connectivity index (χ4v) is 3.15. The Kier molecular flexibility index (Phi) is 4.61. The standard InChI is InChI=1S/C11H22N2O4S/c1-11(2,3)17-10(14)12(4)7-8-13-6-5-9-18(13,15)16/h5-9H2,1-4H3. The number of hydrogen-bond donors (Lipinski definition) is 0. The van der Waals surface area contributed by atoms with Crippen LogP contribution in [0.1, 0.15) is 27.2 Å². The zero-order chi connectivity index (χ0) is 14.0. The summed E-state index contributed by atoms with van der Waals surface area (Å²) in [6.45, 7) is 6.60. The van der Waals surface area contributed by atoms with E-state index in [1.807, 2.05) is 0 Å². The maximum Gasteiger partial charge on any atom is 0.410 e. The highest BCUT2D eigenvalue weighted by Crippen LogP contribution is 2.13. The number of nitrogens with zero attached hydrogens (tertiary/aromatic N) is 2. The van der Waals surface area contributed by atoms with E-state index in [4.69, 9.17) is 4.74 Å². The van der Waals surface area contributed by atoms with E-state index in [-0.39, 0.29) is 5.75 Å². The highest BCUT2D eigenvalue weighted by atomic mass is 32.2. The fraction of sp³-hybridized carbons (Fsp3) is 0.909. The van der Waals surface area contributed by atoms with Gasteiger partial charge in [0.1, 0.15) is 5.60 Å². The number of ether oxygens (including phenoxy) is 1. The second kappa shape index (κ2) is 5.44. The quantitative estimate of drug-likeness (QED) is 0.769. The lowest BCUT2D eigenvalue weighted by molar-refractivity contribution is 0.0293. The molecule has 1 aliphatic heterocycles. The van der Waals surface area contributed by atoms with Crippen LogP contribution in [-0.2, 0) is 14.8 Å². The van der Waals surface area contributed by atoms with Gasteiger partial charge in [-0.1, -0.05) is 0 Å². The Hall–Kier alpha value is -0.820. The number of likely N-dealkylation sites (N-methyl/N-ethyl adjacent to an activating group) is 1. The number of hydrogen-bond acceptors (Lipinski definition) is 4. The number of carbonyl (C=O) groups excluding carboxylic acids is 1. The van der Waals surface area contributed by atoms with Crippen LogP contribution < -0.4 is 0 Å². The van der Waals surface area contributed by atoms with Crippen molar-refractivity contribution in [2.24, 2.45) is 0 Å². The van der Waals surface area contributed by atoms with E-state index in [1.54, 1.807) is 27.8 Å². The van der Waals surface area contributed by atoms with E-state index in [2.05, 4.69) is 0 Å². The lowest BCUT2D eigenvalue weighted by atomic mass is 10.2. The van der Waals surface area contributed by atoms with Crippen molar-refractivity contribution in [3.63, 3.8) is 0 Å². The van der Waals surface area contributed by atoms with Gasteiger partial charge in [-0.3, -0.25) is 0 Å². The first-order valence-electron chi connectivity index (χ1n) is 6.04. The minimum atomic E-state index is -3.09. The third kappa shape index (κ3) is 4.45. The van der Waals surface area contributed by atoms with Gasteiger partial charge in [-0.05, 0) is 27.2 Å². The van der Waals surface area contributed by atoms with Gasteiger partial charge >= 0.3 is 6.09 Å². The Morgan fingerprint density at radius 1 is 1.39 bits per heavy atom. The van der Waals surface area contributed by atoms with Gasteiger partial charge in [-0.25, -0.2) is 17.5 Å². The van der Waals surface area contributed by atoms with Crippen molar-refractivity contribution in [1.82, 2.24) is 9.21 Å². The average Bonchev–Trinajstić information content (AvgIpc) is 2.51. The minimum Gasteiger partial charge on any atom is -0.444 e. The van der Waals surface area contributed by atoms with Crippen LogP contribution in [0.25, 0.3) is 0 Å². The highest BCUT2D eigenvalue weighted by Gasteiger charge is 2.28. The van der Waals surface area contributed by atoms with Crippen LogP contribution in [0.3, 0.4) is 0 Å². The normalized spacial score (nSPS) is 19.8. The Balaban J connectivity index is 2.42. The SMILES string of the molecule is CN(CCN1CCCS1(=O)=O)C(=O)OC(C)(C)C. The molecule has 0 aromatic heterocycles. The maximum absolute atomic E-state index is 11.7. The van der Waals surface area contributed by atoms with Gasteiger partial charge in [0.15, 0.2) is 0 Å². The molecule has 1 fully saturated rings. The van der Waals surface area contributed by atoms with Gasteiger partial charge in [0.25, 0.3) is 0 Å². The van der Waals surface area contributed by atoms with Crippen molar-refractivity contribution in [3.05, 3.63) is 0 Å². The van der Waals surface area contributed by atoms with Gasteiger partial charge in [0.05, 0.1) is 5.75 Å². The van der Waals surface area contributed by atoms with Crippen molar-refractivity contribution < 1.29 is 17.9 Å². The molecule has 0 N–H and O–H groups in total. The number of carbonyl (C=O) groups is 1. The molecule has 0 radical (unpaired) electrons. The zero-order valence-corrected chi connectivity index (χ0v) is 12.3. The van der Waals surface area contributed by atoms with Crippen molar-refractivity contribution in [3.8, 4) is 0 Å². The monoisotopic (exact) mass is 278 g/mol. The lowest BCUT2D eigenvalue weighted by Crippen LogP contribution is -2.39. The molecule has 0 aromatic carbocycles. The summed E-state index contributed by atoms with van der Waals surface area (Å²) in [4.78, 5) is 13.1. The van der Waals surface area contributed by atoms with Crippen LogP contribution in [-0.4, -0.2) is 61.8 Å². The van der Waals surface area contributed by atoms with E-state index in [0.717, 1.165) is 0 Å². The summed E-state index contributed by atoms with van der Waals surface area (Å²) in [5.41, 5.74) is -0.537. The van der Waals surface area contributed by atoms with Gasteiger partial charge in [-0.15, -0.1) is 0 Å². The predicted molar refractivity (Wildman–Crippen MR) is 68.8 cm³/mol. The molecule has 7 heteroatoms. The predicted octanol–water partition coefficient (Wildman–Crippen LogP) is 0.889.